The smallest absolute Gasteiger partial charge is 0.128 e. The van der Waals surface area contributed by atoms with Crippen molar-refractivity contribution >= 4 is 0 Å². The van der Waals surface area contributed by atoms with Gasteiger partial charge in [-0.05, 0) is 6.42 Å². The molecule has 0 aromatic carbocycles. The minimum absolute atomic E-state index is 0.176. The van der Waals surface area contributed by atoms with Crippen LogP contribution < -0.4 is 0 Å². The summed E-state index contributed by atoms with van der Waals surface area (Å²) in [5, 5.41) is 0. The van der Waals surface area contributed by atoms with Crippen molar-refractivity contribution < 1.29 is 9.13 Å². The van der Waals surface area contributed by atoms with Crippen LogP contribution >= 0.6 is 0 Å². The highest BCUT2D eigenvalue weighted by atomic mass is 19.1. The van der Waals surface area contributed by atoms with Gasteiger partial charge in [0.25, 0.3) is 0 Å². The SMILES string of the molecule is CCC1COCC1F. The highest BCUT2D eigenvalue weighted by Crippen LogP contribution is 2.19. The lowest BCUT2D eigenvalue weighted by Crippen LogP contribution is -2.10. The molecule has 0 aliphatic carbocycles. The molecule has 2 unspecified atom stereocenters. The zero-order valence-corrected chi connectivity index (χ0v) is 5.06. The summed E-state index contributed by atoms with van der Waals surface area (Å²) in [4.78, 5) is 0. The first-order valence-corrected chi connectivity index (χ1v) is 3.06. The lowest BCUT2D eigenvalue weighted by molar-refractivity contribution is 0.172. The summed E-state index contributed by atoms with van der Waals surface area (Å²) in [5.41, 5.74) is 0. The van der Waals surface area contributed by atoms with Gasteiger partial charge in [0, 0.05) is 5.92 Å². The van der Waals surface area contributed by atoms with Gasteiger partial charge in [-0.15, -0.1) is 0 Å². The zero-order valence-electron chi connectivity index (χ0n) is 5.06. The number of hydrogen-bond donors (Lipinski definition) is 0. The fraction of sp³-hybridized carbons (Fsp3) is 1.00. The first-order valence-electron chi connectivity index (χ1n) is 3.06. The molecule has 1 nitrogen and oxygen atoms in total. The molecular formula is C6H11FO. The van der Waals surface area contributed by atoms with E-state index < -0.39 is 6.17 Å². The zero-order chi connectivity index (χ0) is 5.98. The van der Waals surface area contributed by atoms with Gasteiger partial charge in [0.2, 0.25) is 0 Å². The number of alkyl halides is 1. The Hall–Kier alpha value is -0.110. The lowest BCUT2D eigenvalue weighted by Gasteiger charge is -2.03. The molecule has 0 amide bonds. The van der Waals surface area contributed by atoms with Gasteiger partial charge in [-0.2, -0.15) is 0 Å². The first kappa shape index (κ1) is 6.02. The van der Waals surface area contributed by atoms with Crippen LogP contribution in [0.1, 0.15) is 13.3 Å². The molecule has 1 rings (SSSR count). The van der Waals surface area contributed by atoms with Crippen LogP contribution in [0.5, 0.6) is 0 Å². The monoisotopic (exact) mass is 118 g/mol. The second kappa shape index (κ2) is 2.44. The molecule has 1 fully saturated rings. The summed E-state index contributed by atoms with van der Waals surface area (Å²) in [5.74, 6) is 0.176. The Labute approximate surface area is 48.8 Å². The average Bonchev–Trinajstić information content (AvgIpc) is 2.14. The van der Waals surface area contributed by atoms with E-state index >= 15 is 0 Å². The predicted octanol–water partition coefficient (Wildman–Crippen LogP) is 1.38. The van der Waals surface area contributed by atoms with Crippen LogP contribution in [-0.2, 0) is 4.74 Å². The van der Waals surface area contributed by atoms with Crippen molar-refractivity contribution in [2.75, 3.05) is 13.2 Å². The predicted molar refractivity (Wildman–Crippen MR) is 29.5 cm³/mol. The van der Waals surface area contributed by atoms with Crippen LogP contribution in [0.25, 0.3) is 0 Å². The van der Waals surface area contributed by atoms with E-state index in [1.165, 1.54) is 0 Å². The van der Waals surface area contributed by atoms with Crippen molar-refractivity contribution in [1.29, 1.82) is 0 Å². The third-order valence-electron chi connectivity index (χ3n) is 1.64. The quantitative estimate of drug-likeness (QED) is 0.505. The summed E-state index contributed by atoms with van der Waals surface area (Å²) in [6.45, 7) is 2.93. The summed E-state index contributed by atoms with van der Waals surface area (Å²) < 4.78 is 17.3. The maximum Gasteiger partial charge on any atom is 0.128 e. The van der Waals surface area contributed by atoms with Crippen LogP contribution in [0, 0.1) is 5.92 Å². The Balaban J connectivity index is 2.30. The fourth-order valence-electron chi connectivity index (χ4n) is 0.946. The van der Waals surface area contributed by atoms with E-state index in [1.807, 2.05) is 6.92 Å². The largest absolute Gasteiger partial charge is 0.378 e. The minimum atomic E-state index is -0.694. The molecule has 2 heteroatoms. The standard InChI is InChI=1S/C6H11FO/c1-2-5-3-8-4-6(5)7/h5-6H,2-4H2,1H3. The highest BCUT2D eigenvalue weighted by Gasteiger charge is 2.25. The van der Waals surface area contributed by atoms with Crippen molar-refractivity contribution in [2.45, 2.75) is 19.5 Å². The molecule has 48 valence electrons. The molecule has 8 heavy (non-hydrogen) atoms. The number of hydrogen-bond acceptors (Lipinski definition) is 1. The number of halogens is 1. The molecule has 1 saturated heterocycles. The maximum atomic E-state index is 12.5. The van der Waals surface area contributed by atoms with E-state index in [4.69, 9.17) is 4.74 Å². The molecular weight excluding hydrogens is 107 g/mol. The maximum absolute atomic E-state index is 12.5. The second-order valence-corrected chi connectivity index (χ2v) is 2.22. The van der Waals surface area contributed by atoms with Crippen molar-refractivity contribution in [3.8, 4) is 0 Å². The van der Waals surface area contributed by atoms with Crippen LogP contribution in [0.15, 0.2) is 0 Å². The second-order valence-electron chi connectivity index (χ2n) is 2.22. The molecule has 0 aromatic rings. The van der Waals surface area contributed by atoms with Crippen LogP contribution in [0.4, 0.5) is 4.39 Å². The fourth-order valence-corrected chi connectivity index (χ4v) is 0.946. The van der Waals surface area contributed by atoms with Crippen molar-refractivity contribution in [3.63, 3.8) is 0 Å². The van der Waals surface area contributed by atoms with Crippen molar-refractivity contribution in [2.24, 2.45) is 5.92 Å². The molecule has 2 atom stereocenters. The van der Waals surface area contributed by atoms with Crippen LogP contribution in [0.3, 0.4) is 0 Å². The Morgan fingerprint density at radius 3 is 2.62 bits per heavy atom. The Morgan fingerprint density at radius 1 is 1.62 bits per heavy atom. The Bertz CT molecular complexity index is 74.9. The normalized spacial score (nSPS) is 38.2. The van der Waals surface area contributed by atoms with Gasteiger partial charge in [0.15, 0.2) is 0 Å². The molecule has 1 heterocycles. The first-order chi connectivity index (χ1) is 3.84. The Kier molecular flexibility index (Phi) is 1.84. The molecule has 0 saturated carbocycles. The van der Waals surface area contributed by atoms with Gasteiger partial charge in [0.05, 0.1) is 13.2 Å². The van der Waals surface area contributed by atoms with Gasteiger partial charge in [-0.1, -0.05) is 6.92 Å². The summed E-state index contributed by atoms with van der Waals surface area (Å²) in [7, 11) is 0. The van der Waals surface area contributed by atoms with E-state index in [9.17, 15) is 4.39 Å². The molecule has 0 spiro atoms. The summed E-state index contributed by atoms with van der Waals surface area (Å²) >= 11 is 0. The van der Waals surface area contributed by atoms with E-state index in [-0.39, 0.29) is 5.92 Å². The van der Waals surface area contributed by atoms with Crippen molar-refractivity contribution in [1.82, 2.24) is 0 Å². The molecule has 0 aromatic heterocycles. The Morgan fingerprint density at radius 2 is 2.38 bits per heavy atom. The van der Waals surface area contributed by atoms with E-state index in [1.54, 1.807) is 0 Å². The van der Waals surface area contributed by atoms with E-state index in [0.717, 1.165) is 6.42 Å². The van der Waals surface area contributed by atoms with E-state index in [2.05, 4.69) is 0 Å². The molecule has 1 aliphatic rings. The van der Waals surface area contributed by atoms with Gasteiger partial charge in [0.1, 0.15) is 6.17 Å². The van der Waals surface area contributed by atoms with Crippen LogP contribution in [-0.4, -0.2) is 19.4 Å². The highest BCUT2D eigenvalue weighted by molar-refractivity contribution is 4.72. The van der Waals surface area contributed by atoms with Gasteiger partial charge in [-0.3, -0.25) is 0 Å². The van der Waals surface area contributed by atoms with Gasteiger partial charge < -0.3 is 4.74 Å². The topological polar surface area (TPSA) is 9.23 Å². The van der Waals surface area contributed by atoms with E-state index in [0.29, 0.717) is 13.2 Å². The molecule has 0 radical (unpaired) electrons. The number of ether oxygens (including phenoxy) is 1. The van der Waals surface area contributed by atoms with Crippen molar-refractivity contribution in [3.05, 3.63) is 0 Å². The minimum Gasteiger partial charge on any atom is -0.378 e. The third kappa shape index (κ3) is 0.996. The molecule has 0 bridgehead atoms. The number of rotatable bonds is 1. The average molecular weight is 118 g/mol. The van der Waals surface area contributed by atoms with Crippen LogP contribution in [0.2, 0.25) is 0 Å². The summed E-state index contributed by atoms with van der Waals surface area (Å²) in [6, 6.07) is 0. The summed E-state index contributed by atoms with van der Waals surface area (Å²) in [6.07, 6.45) is 0.209. The van der Waals surface area contributed by atoms with Gasteiger partial charge >= 0.3 is 0 Å². The molecule has 1 aliphatic heterocycles. The van der Waals surface area contributed by atoms with Gasteiger partial charge in [-0.25, -0.2) is 4.39 Å². The third-order valence-corrected chi connectivity index (χ3v) is 1.64. The molecule has 0 N–H and O–H groups in total. The lowest BCUT2D eigenvalue weighted by atomic mass is 10.1.